The van der Waals surface area contributed by atoms with E-state index in [4.69, 9.17) is 16.7 Å². The number of aliphatic hydroxyl groups is 2. The first kappa shape index (κ1) is 21.2. The number of halogens is 1. The number of rotatable bonds is 7. The minimum atomic E-state index is -0.725. The molecule has 1 heterocycles. The molecule has 28 heavy (non-hydrogen) atoms. The Hall–Kier alpha value is -1.53. The van der Waals surface area contributed by atoms with E-state index in [-0.39, 0.29) is 12.5 Å². The maximum Gasteiger partial charge on any atom is 0.146 e. The van der Waals surface area contributed by atoms with Crippen molar-refractivity contribution >= 4 is 34.7 Å². The summed E-state index contributed by atoms with van der Waals surface area (Å²) in [6, 6.07) is 5.95. The van der Waals surface area contributed by atoms with Crippen molar-refractivity contribution in [1.82, 2.24) is 5.32 Å². The van der Waals surface area contributed by atoms with Crippen LogP contribution in [0.3, 0.4) is 0 Å². The second kappa shape index (κ2) is 9.79. The molecule has 2 atom stereocenters. The number of aliphatic hydroxyl groups excluding tert-OH is 2. The molecule has 1 aromatic carbocycles. The molecule has 2 aliphatic rings. The van der Waals surface area contributed by atoms with E-state index in [9.17, 15) is 9.90 Å². The van der Waals surface area contributed by atoms with Crippen molar-refractivity contribution < 1.29 is 15.0 Å². The van der Waals surface area contributed by atoms with E-state index in [1.165, 1.54) is 0 Å². The van der Waals surface area contributed by atoms with Gasteiger partial charge >= 0.3 is 0 Å². The molecule has 3 rings (SSSR count). The van der Waals surface area contributed by atoms with Gasteiger partial charge in [-0.1, -0.05) is 29.8 Å². The summed E-state index contributed by atoms with van der Waals surface area (Å²) in [7, 11) is 0. The van der Waals surface area contributed by atoms with Crippen molar-refractivity contribution in [2.75, 3.05) is 12.4 Å². The molecule has 0 spiro atoms. The highest BCUT2D eigenvalue weighted by molar-refractivity contribution is 7.99. The van der Waals surface area contributed by atoms with Gasteiger partial charge in [0.1, 0.15) is 12.0 Å². The third kappa shape index (κ3) is 5.29. The highest BCUT2D eigenvalue weighted by Crippen LogP contribution is 2.35. The fourth-order valence-electron chi connectivity index (χ4n) is 3.38. The van der Waals surface area contributed by atoms with Gasteiger partial charge in [0.15, 0.2) is 0 Å². The first-order valence-corrected chi connectivity index (χ1v) is 10.9. The predicted molar refractivity (Wildman–Crippen MR) is 115 cm³/mol. The number of hydrogen-bond donors (Lipinski definition) is 3. The lowest BCUT2D eigenvalue weighted by Crippen LogP contribution is -2.31. The predicted octanol–water partition coefficient (Wildman–Crippen LogP) is 4.32. The number of allylic oxidation sites excluding steroid dienone is 4. The van der Waals surface area contributed by atoms with Crippen molar-refractivity contribution in [3.63, 3.8) is 0 Å². The summed E-state index contributed by atoms with van der Waals surface area (Å²) >= 11 is 8.14. The van der Waals surface area contributed by atoms with Gasteiger partial charge in [0.2, 0.25) is 0 Å². The standard InChI is InChI=1S/C22H26ClNO3S/c1-14-3-7-20(24-22(14)27)18(12-15-4-6-17(26)11-15)16-5-8-21(19(23)13-16)28-10-2-9-25/h3,5,7-8,12-13,15,22,24-25,27H,2,4,6,9-11H2,1H3/b18-12+/t15-,22?/m0/s1. The third-order valence-corrected chi connectivity index (χ3v) is 6.60. The van der Waals surface area contributed by atoms with Gasteiger partial charge in [-0.25, -0.2) is 0 Å². The SMILES string of the molecule is CC1=CC=C(/C(=C/[C@H]2CCC(=O)C2)c2ccc(SCCCO)c(Cl)c2)NC1O. The number of Topliss-reactive ketones (excluding diaryl/α,β-unsaturated/α-hetero) is 1. The highest BCUT2D eigenvalue weighted by atomic mass is 35.5. The summed E-state index contributed by atoms with van der Waals surface area (Å²) in [5, 5.41) is 23.0. The second-order valence-corrected chi connectivity index (χ2v) is 8.77. The molecule has 0 saturated heterocycles. The van der Waals surface area contributed by atoms with Gasteiger partial charge in [-0.2, -0.15) is 0 Å². The van der Waals surface area contributed by atoms with Crippen LogP contribution in [-0.4, -0.2) is 34.6 Å². The van der Waals surface area contributed by atoms with Crippen LogP contribution in [-0.2, 0) is 4.79 Å². The first-order valence-electron chi connectivity index (χ1n) is 9.58. The molecular weight excluding hydrogens is 394 g/mol. The number of nitrogens with one attached hydrogen (secondary N) is 1. The Morgan fingerprint density at radius 2 is 2.21 bits per heavy atom. The number of carbonyl (C=O) groups excluding carboxylic acids is 1. The monoisotopic (exact) mass is 419 g/mol. The van der Waals surface area contributed by atoms with E-state index >= 15 is 0 Å². The van der Waals surface area contributed by atoms with Crippen LogP contribution >= 0.6 is 23.4 Å². The Morgan fingerprint density at radius 3 is 2.86 bits per heavy atom. The van der Waals surface area contributed by atoms with Crippen LogP contribution in [0.5, 0.6) is 0 Å². The van der Waals surface area contributed by atoms with E-state index < -0.39 is 6.23 Å². The largest absolute Gasteiger partial charge is 0.396 e. The molecule has 3 N–H and O–H groups in total. The number of ketones is 1. The lowest BCUT2D eigenvalue weighted by atomic mass is 9.94. The van der Waals surface area contributed by atoms with Crippen LogP contribution in [0.1, 0.15) is 38.2 Å². The number of benzene rings is 1. The van der Waals surface area contributed by atoms with E-state index in [0.717, 1.165) is 45.9 Å². The minimum Gasteiger partial charge on any atom is -0.396 e. The quantitative estimate of drug-likeness (QED) is 0.453. The number of carbonyl (C=O) groups is 1. The molecule has 1 saturated carbocycles. The van der Waals surface area contributed by atoms with E-state index in [2.05, 4.69) is 11.4 Å². The maximum absolute atomic E-state index is 11.7. The van der Waals surface area contributed by atoms with E-state index in [1.807, 2.05) is 37.3 Å². The van der Waals surface area contributed by atoms with Crippen LogP contribution in [0.2, 0.25) is 5.02 Å². The summed E-state index contributed by atoms with van der Waals surface area (Å²) in [5.74, 6) is 1.31. The normalized spacial score (nSPS) is 22.7. The number of hydrogen-bond acceptors (Lipinski definition) is 5. The van der Waals surface area contributed by atoms with Gasteiger partial charge in [-0.05, 0) is 55.0 Å². The summed E-state index contributed by atoms with van der Waals surface area (Å²) in [6.07, 6.45) is 8.06. The smallest absolute Gasteiger partial charge is 0.146 e. The Balaban J connectivity index is 1.92. The molecule has 1 aliphatic carbocycles. The summed E-state index contributed by atoms with van der Waals surface area (Å²) in [4.78, 5) is 12.7. The molecule has 6 heteroatoms. The lowest BCUT2D eigenvalue weighted by Gasteiger charge is -2.24. The summed E-state index contributed by atoms with van der Waals surface area (Å²) in [5.41, 5.74) is 3.59. The average molecular weight is 420 g/mol. The Morgan fingerprint density at radius 1 is 1.39 bits per heavy atom. The van der Waals surface area contributed by atoms with Gasteiger partial charge < -0.3 is 15.5 Å². The molecule has 150 valence electrons. The minimum absolute atomic E-state index is 0.171. The van der Waals surface area contributed by atoms with Gasteiger partial charge in [0.25, 0.3) is 0 Å². The topological polar surface area (TPSA) is 69.6 Å². The second-order valence-electron chi connectivity index (χ2n) is 7.23. The van der Waals surface area contributed by atoms with Crippen molar-refractivity contribution in [2.45, 2.75) is 43.7 Å². The van der Waals surface area contributed by atoms with Crippen LogP contribution in [0.25, 0.3) is 5.57 Å². The zero-order valence-electron chi connectivity index (χ0n) is 16.0. The zero-order chi connectivity index (χ0) is 20.1. The van der Waals surface area contributed by atoms with Gasteiger partial charge in [-0.3, -0.25) is 4.79 Å². The molecule has 1 unspecified atom stereocenters. The van der Waals surface area contributed by atoms with Crippen LogP contribution in [0.15, 0.2) is 52.6 Å². The Bertz CT molecular complexity index is 831. The van der Waals surface area contributed by atoms with Crippen LogP contribution in [0.4, 0.5) is 0 Å². The molecule has 1 fully saturated rings. The number of thioether (sulfide) groups is 1. The third-order valence-electron chi connectivity index (χ3n) is 5.02. The molecule has 4 nitrogen and oxygen atoms in total. The zero-order valence-corrected chi connectivity index (χ0v) is 17.5. The average Bonchev–Trinajstić information content (AvgIpc) is 3.08. The number of dihydropyridines is 1. The van der Waals surface area contributed by atoms with E-state index in [1.54, 1.807) is 11.8 Å². The van der Waals surface area contributed by atoms with Gasteiger partial charge in [0, 0.05) is 41.4 Å². The molecular formula is C22H26ClNO3S. The lowest BCUT2D eigenvalue weighted by molar-refractivity contribution is -0.117. The van der Waals surface area contributed by atoms with Gasteiger partial charge in [-0.15, -0.1) is 11.8 Å². The summed E-state index contributed by atoms with van der Waals surface area (Å²) < 4.78 is 0. The fourth-order valence-corrected chi connectivity index (χ4v) is 4.58. The highest BCUT2D eigenvalue weighted by Gasteiger charge is 2.23. The van der Waals surface area contributed by atoms with E-state index in [0.29, 0.717) is 23.6 Å². The van der Waals surface area contributed by atoms with Crippen molar-refractivity contribution in [3.05, 3.63) is 58.3 Å². The molecule has 0 radical (unpaired) electrons. The van der Waals surface area contributed by atoms with Gasteiger partial charge in [0.05, 0.1) is 5.02 Å². The Labute approximate surface area is 175 Å². The van der Waals surface area contributed by atoms with Crippen LogP contribution < -0.4 is 5.32 Å². The summed E-state index contributed by atoms with van der Waals surface area (Å²) in [6.45, 7) is 2.05. The van der Waals surface area contributed by atoms with Crippen molar-refractivity contribution in [3.8, 4) is 0 Å². The molecule has 1 aromatic rings. The van der Waals surface area contributed by atoms with Crippen LogP contribution in [0, 0.1) is 5.92 Å². The molecule has 0 amide bonds. The molecule has 0 aromatic heterocycles. The van der Waals surface area contributed by atoms with Crippen molar-refractivity contribution in [1.29, 1.82) is 0 Å². The maximum atomic E-state index is 11.7. The Kier molecular flexibility index (Phi) is 7.41. The fraction of sp³-hybridized carbons (Fsp3) is 0.409. The molecule has 0 bridgehead atoms. The van der Waals surface area contributed by atoms with Crippen molar-refractivity contribution in [2.24, 2.45) is 5.92 Å². The molecule has 1 aliphatic heterocycles. The first-order chi connectivity index (χ1) is 13.5.